The molecule has 29 heavy (non-hydrogen) atoms. The number of hydrogen-bond acceptors (Lipinski definition) is 6. The monoisotopic (exact) mass is 424 g/mol. The second-order valence-electron chi connectivity index (χ2n) is 8.12. The van der Waals surface area contributed by atoms with Gasteiger partial charge in [-0.3, -0.25) is 0 Å². The van der Waals surface area contributed by atoms with Crippen LogP contribution in [0.4, 0.5) is 13.6 Å². The molecule has 4 rings (SSSR count). The Morgan fingerprint density at radius 3 is 2.69 bits per heavy atom. The zero-order valence-electron chi connectivity index (χ0n) is 16.4. The van der Waals surface area contributed by atoms with Crippen molar-refractivity contribution < 1.29 is 27.8 Å². The largest absolute Gasteiger partial charge is 0.586 e. The molecule has 2 aliphatic heterocycles. The van der Waals surface area contributed by atoms with Crippen molar-refractivity contribution in [3.63, 3.8) is 0 Å². The first-order chi connectivity index (χ1) is 13.6. The number of nitrogens with zero attached hydrogens (tertiary/aromatic N) is 2. The van der Waals surface area contributed by atoms with Crippen molar-refractivity contribution in [1.29, 1.82) is 0 Å². The molecule has 3 heterocycles. The van der Waals surface area contributed by atoms with Gasteiger partial charge in [0.05, 0.1) is 11.3 Å². The molecule has 156 valence electrons. The van der Waals surface area contributed by atoms with Crippen LogP contribution in [0.1, 0.15) is 45.2 Å². The van der Waals surface area contributed by atoms with Crippen LogP contribution in [0.2, 0.25) is 0 Å². The summed E-state index contributed by atoms with van der Waals surface area (Å²) < 4.78 is 41.5. The van der Waals surface area contributed by atoms with E-state index in [1.807, 2.05) is 26.2 Å². The Hall–Kier alpha value is -2.42. The van der Waals surface area contributed by atoms with Crippen molar-refractivity contribution in [3.8, 4) is 22.1 Å². The number of carbonyl (C=O) groups excluding carboxylic acids is 1. The van der Waals surface area contributed by atoms with Gasteiger partial charge in [0.1, 0.15) is 10.6 Å². The third kappa shape index (κ3) is 4.29. The topological polar surface area (TPSA) is 60.9 Å². The number of piperidine rings is 1. The molecule has 0 spiro atoms. The molecular formula is C20H22F2N2O4S. The summed E-state index contributed by atoms with van der Waals surface area (Å²) in [6.45, 7) is 6.73. The second kappa shape index (κ2) is 7.12. The molecule has 2 aliphatic rings. The summed E-state index contributed by atoms with van der Waals surface area (Å²) in [4.78, 5) is 18.6. The Bertz CT molecular complexity index is 917. The lowest BCUT2D eigenvalue weighted by atomic mass is 9.94. The fourth-order valence-electron chi connectivity index (χ4n) is 3.42. The highest BCUT2D eigenvalue weighted by Crippen LogP contribution is 2.47. The van der Waals surface area contributed by atoms with E-state index >= 15 is 0 Å². The van der Waals surface area contributed by atoms with E-state index in [1.54, 1.807) is 17.0 Å². The molecule has 1 saturated heterocycles. The quantitative estimate of drug-likeness (QED) is 0.659. The molecule has 0 bridgehead atoms. The number of thiazole rings is 1. The maximum Gasteiger partial charge on any atom is 0.586 e. The molecule has 1 aromatic heterocycles. The van der Waals surface area contributed by atoms with Crippen LogP contribution in [-0.4, -0.2) is 41.0 Å². The van der Waals surface area contributed by atoms with Crippen LogP contribution < -0.4 is 9.47 Å². The first-order valence-electron chi connectivity index (χ1n) is 9.44. The van der Waals surface area contributed by atoms with Gasteiger partial charge in [-0.05, 0) is 45.7 Å². The van der Waals surface area contributed by atoms with Crippen molar-refractivity contribution in [1.82, 2.24) is 9.88 Å². The van der Waals surface area contributed by atoms with Gasteiger partial charge < -0.3 is 19.1 Å². The highest BCUT2D eigenvalue weighted by atomic mass is 32.1. The van der Waals surface area contributed by atoms with Crippen LogP contribution in [-0.2, 0) is 4.74 Å². The zero-order valence-corrected chi connectivity index (χ0v) is 17.2. The molecular weight excluding hydrogens is 402 g/mol. The number of alkyl halides is 2. The minimum Gasteiger partial charge on any atom is -0.444 e. The number of para-hydroxylation sites is 1. The number of halogens is 2. The molecule has 0 saturated carbocycles. The van der Waals surface area contributed by atoms with Gasteiger partial charge in [-0.1, -0.05) is 6.07 Å². The smallest absolute Gasteiger partial charge is 0.444 e. The average molecular weight is 424 g/mol. The van der Waals surface area contributed by atoms with E-state index in [0.717, 1.165) is 18.5 Å². The summed E-state index contributed by atoms with van der Waals surface area (Å²) in [5, 5.41) is 2.55. The van der Waals surface area contributed by atoms with E-state index < -0.39 is 11.9 Å². The highest BCUT2D eigenvalue weighted by Gasteiger charge is 2.45. The van der Waals surface area contributed by atoms with Crippen molar-refractivity contribution in [2.75, 3.05) is 13.1 Å². The van der Waals surface area contributed by atoms with E-state index in [1.165, 1.54) is 17.4 Å². The van der Waals surface area contributed by atoms with Crippen LogP contribution in [0, 0.1) is 0 Å². The normalized spacial score (nSPS) is 18.7. The maximum absolute atomic E-state index is 13.4. The number of benzene rings is 1. The fourth-order valence-corrected chi connectivity index (χ4v) is 4.34. The Labute approximate surface area is 171 Å². The van der Waals surface area contributed by atoms with E-state index in [9.17, 15) is 13.6 Å². The molecule has 0 N–H and O–H groups in total. The minimum atomic E-state index is -3.66. The Morgan fingerprint density at radius 2 is 2.00 bits per heavy atom. The first kappa shape index (κ1) is 19.9. The number of ether oxygens (including phenoxy) is 3. The number of aromatic nitrogens is 1. The molecule has 6 nitrogen and oxygen atoms in total. The van der Waals surface area contributed by atoms with Crippen molar-refractivity contribution in [2.24, 2.45) is 0 Å². The molecule has 1 aromatic carbocycles. The van der Waals surface area contributed by atoms with Crippen molar-refractivity contribution >= 4 is 17.4 Å². The van der Waals surface area contributed by atoms with E-state index in [2.05, 4.69) is 14.5 Å². The molecule has 1 fully saturated rings. The number of fused-ring (bicyclic) bond motifs is 1. The number of rotatable bonds is 2. The molecule has 0 radical (unpaired) electrons. The van der Waals surface area contributed by atoms with Gasteiger partial charge in [-0.2, -0.15) is 0 Å². The molecule has 2 aromatic rings. The highest BCUT2D eigenvalue weighted by molar-refractivity contribution is 7.13. The van der Waals surface area contributed by atoms with Gasteiger partial charge in [0, 0.05) is 24.4 Å². The SMILES string of the molecule is CC(C)(C)OC(=O)N1CCC(c2csc(-c3cccc4c3OC(F)(F)O4)n2)CC1. The Morgan fingerprint density at radius 1 is 1.28 bits per heavy atom. The lowest BCUT2D eigenvalue weighted by Crippen LogP contribution is -2.41. The third-order valence-electron chi connectivity index (χ3n) is 4.75. The molecule has 0 unspecified atom stereocenters. The standard InChI is InChI=1S/C20H22F2N2O4S/c1-19(2,3)28-18(25)24-9-7-12(8-10-24)14-11-29-17(23-14)13-5-4-6-15-16(13)27-20(21,22)26-15/h4-6,11-12H,7-10H2,1-3H3. The number of likely N-dealkylation sites (tertiary alicyclic amines) is 1. The average Bonchev–Trinajstić information content (AvgIpc) is 3.23. The molecule has 0 atom stereocenters. The van der Waals surface area contributed by atoms with E-state index in [-0.39, 0.29) is 23.5 Å². The van der Waals surface area contributed by atoms with Gasteiger partial charge in [0.2, 0.25) is 0 Å². The number of hydrogen-bond donors (Lipinski definition) is 0. The summed E-state index contributed by atoms with van der Waals surface area (Å²) in [6.07, 6.45) is -2.42. The lowest BCUT2D eigenvalue weighted by molar-refractivity contribution is -0.286. The summed E-state index contributed by atoms with van der Waals surface area (Å²) >= 11 is 1.38. The Kier molecular flexibility index (Phi) is 4.88. The maximum atomic E-state index is 13.4. The van der Waals surface area contributed by atoms with Gasteiger partial charge >= 0.3 is 12.4 Å². The van der Waals surface area contributed by atoms with Crippen LogP contribution in [0.5, 0.6) is 11.5 Å². The first-order valence-corrected chi connectivity index (χ1v) is 10.3. The molecule has 9 heteroatoms. The molecule has 1 amide bonds. The Balaban J connectivity index is 1.44. The van der Waals surface area contributed by atoms with Crippen LogP contribution in [0.3, 0.4) is 0 Å². The number of amides is 1. The minimum absolute atomic E-state index is 0.00918. The summed E-state index contributed by atoms with van der Waals surface area (Å²) in [6, 6.07) is 4.78. The van der Waals surface area contributed by atoms with Crippen molar-refractivity contribution in [2.45, 2.75) is 51.4 Å². The van der Waals surface area contributed by atoms with Crippen LogP contribution >= 0.6 is 11.3 Å². The predicted molar refractivity (Wildman–Crippen MR) is 104 cm³/mol. The van der Waals surface area contributed by atoms with Gasteiger partial charge in [-0.15, -0.1) is 20.1 Å². The van der Waals surface area contributed by atoms with Gasteiger partial charge in [-0.25, -0.2) is 9.78 Å². The molecule has 0 aliphatic carbocycles. The van der Waals surface area contributed by atoms with E-state index in [0.29, 0.717) is 23.7 Å². The summed E-state index contributed by atoms with van der Waals surface area (Å²) in [5.41, 5.74) is 0.871. The second-order valence-corrected chi connectivity index (χ2v) is 8.98. The summed E-state index contributed by atoms with van der Waals surface area (Å²) in [5.74, 6) is 0.224. The third-order valence-corrected chi connectivity index (χ3v) is 5.64. The van der Waals surface area contributed by atoms with Gasteiger partial charge in [0.25, 0.3) is 0 Å². The van der Waals surface area contributed by atoms with Gasteiger partial charge in [0.15, 0.2) is 11.5 Å². The van der Waals surface area contributed by atoms with Crippen LogP contribution in [0.25, 0.3) is 10.6 Å². The summed E-state index contributed by atoms with van der Waals surface area (Å²) in [7, 11) is 0. The van der Waals surface area contributed by atoms with E-state index in [4.69, 9.17) is 4.74 Å². The van der Waals surface area contributed by atoms with Crippen molar-refractivity contribution in [3.05, 3.63) is 29.3 Å². The lowest BCUT2D eigenvalue weighted by Gasteiger charge is -2.32. The zero-order chi connectivity index (χ0) is 20.8. The fraction of sp³-hybridized carbons (Fsp3) is 0.500. The number of carbonyl (C=O) groups is 1. The predicted octanol–water partition coefficient (Wildman–Crippen LogP) is 5.25. The van der Waals surface area contributed by atoms with Crippen LogP contribution in [0.15, 0.2) is 23.6 Å².